The van der Waals surface area contributed by atoms with Crippen LogP contribution >= 0.6 is 0 Å². The summed E-state index contributed by atoms with van der Waals surface area (Å²) < 4.78 is 39.9. The average molecular weight is 290 g/mol. The highest BCUT2D eigenvalue weighted by Gasteiger charge is 2.30. The van der Waals surface area contributed by atoms with E-state index in [9.17, 15) is 13.2 Å². The molecule has 1 aromatic rings. The van der Waals surface area contributed by atoms with Gasteiger partial charge in [0.2, 0.25) is 0 Å². The molecule has 0 unspecified atom stereocenters. The maximum atomic E-state index is 12.0. The van der Waals surface area contributed by atoms with E-state index in [0.29, 0.717) is 12.6 Å². The minimum Gasteiger partial charge on any atom is -0.406 e. The second kappa shape index (κ2) is 7.50. The predicted molar refractivity (Wildman–Crippen MR) is 72.6 cm³/mol. The maximum Gasteiger partial charge on any atom is 0.573 e. The van der Waals surface area contributed by atoms with Gasteiger partial charge < -0.3 is 15.0 Å². The van der Waals surface area contributed by atoms with Crippen molar-refractivity contribution in [2.24, 2.45) is 0 Å². The third-order valence-corrected chi connectivity index (χ3v) is 2.66. The van der Waals surface area contributed by atoms with Crippen LogP contribution in [-0.4, -0.2) is 37.4 Å². The van der Waals surface area contributed by atoms with Crippen molar-refractivity contribution in [1.82, 2.24) is 10.2 Å². The number of alkyl halides is 3. The fourth-order valence-electron chi connectivity index (χ4n) is 1.73. The highest BCUT2D eigenvalue weighted by molar-refractivity contribution is 5.27. The number of benzene rings is 1. The molecule has 0 spiro atoms. The summed E-state index contributed by atoms with van der Waals surface area (Å²) in [5, 5.41) is 3.31. The Morgan fingerprint density at radius 2 is 1.80 bits per heavy atom. The van der Waals surface area contributed by atoms with Crippen molar-refractivity contribution in [3.05, 3.63) is 29.8 Å². The minimum atomic E-state index is -4.64. The van der Waals surface area contributed by atoms with Gasteiger partial charge in [0, 0.05) is 25.7 Å². The van der Waals surface area contributed by atoms with E-state index in [4.69, 9.17) is 0 Å². The number of halogens is 3. The van der Waals surface area contributed by atoms with Crippen molar-refractivity contribution in [1.29, 1.82) is 0 Å². The first-order valence-corrected chi connectivity index (χ1v) is 6.53. The molecule has 1 aromatic carbocycles. The fourth-order valence-corrected chi connectivity index (χ4v) is 1.73. The Morgan fingerprint density at radius 1 is 1.20 bits per heavy atom. The first kappa shape index (κ1) is 16.8. The largest absolute Gasteiger partial charge is 0.573 e. The summed E-state index contributed by atoms with van der Waals surface area (Å²) in [6, 6.07) is 6.41. The molecular formula is C14H21F3N2O. The number of likely N-dealkylation sites (N-methyl/N-ethyl adjacent to an activating group) is 1. The van der Waals surface area contributed by atoms with E-state index < -0.39 is 6.36 Å². The molecule has 0 aliphatic rings. The second-order valence-corrected chi connectivity index (χ2v) is 5.04. The highest BCUT2D eigenvalue weighted by Crippen LogP contribution is 2.22. The van der Waals surface area contributed by atoms with Crippen LogP contribution in [0.3, 0.4) is 0 Å². The Balaban J connectivity index is 2.41. The van der Waals surface area contributed by atoms with Crippen molar-refractivity contribution in [3.63, 3.8) is 0 Å². The van der Waals surface area contributed by atoms with Gasteiger partial charge in [-0.25, -0.2) is 0 Å². The molecule has 0 saturated carbocycles. The smallest absolute Gasteiger partial charge is 0.406 e. The summed E-state index contributed by atoms with van der Waals surface area (Å²) in [6.45, 7) is 6.60. The quantitative estimate of drug-likeness (QED) is 0.835. The Hall–Kier alpha value is -1.27. The lowest BCUT2D eigenvalue weighted by Crippen LogP contribution is -2.32. The summed E-state index contributed by atoms with van der Waals surface area (Å²) in [6.07, 6.45) is -4.64. The molecule has 0 aliphatic heterocycles. The van der Waals surface area contributed by atoms with E-state index >= 15 is 0 Å². The monoisotopic (exact) mass is 290 g/mol. The number of nitrogens with one attached hydrogen (secondary N) is 1. The number of hydrogen-bond donors (Lipinski definition) is 1. The first-order valence-electron chi connectivity index (χ1n) is 6.53. The summed E-state index contributed by atoms with van der Waals surface area (Å²) >= 11 is 0. The van der Waals surface area contributed by atoms with Crippen LogP contribution in [0.2, 0.25) is 0 Å². The third-order valence-electron chi connectivity index (χ3n) is 2.66. The standard InChI is InChI=1S/C14H21F3N2O/c1-11(2)18-8-9-19(3)10-12-4-6-13(7-5-12)20-14(15,16)17/h4-7,11,18H,8-10H2,1-3H3. The van der Waals surface area contributed by atoms with Crippen molar-refractivity contribution >= 4 is 0 Å². The highest BCUT2D eigenvalue weighted by atomic mass is 19.4. The van der Waals surface area contributed by atoms with Gasteiger partial charge in [0.05, 0.1) is 0 Å². The van der Waals surface area contributed by atoms with Crippen LogP contribution in [0.5, 0.6) is 5.75 Å². The Labute approximate surface area is 117 Å². The van der Waals surface area contributed by atoms with Crippen LogP contribution in [0.4, 0.5) is 13.2 Å². The molecule has 0 bridgehead atoms. The van der Waals surface area contributed by atoms with E-state index in [0.717, 1.165) is 18.7 Å². The van der Waals surface area contributed by atoms with E-state index in [1.54, 1.807) is 12.1 Å². The Morgan fingerprint density at radius 3 is 2.30 bits per heavy atom. The third kappa shape index (κ3) is 7.35. The summed E-state index contributed by atoms with van der Waals surface area (Å²) in [7, 11) is 1.97. The Bertz CT molecular complexity index is 390. The van der Waals surface area contributed by atoms with Crippen LogP contribution in [0.25, 0.3) is 0 Å². The molecule has 20 heavy (non-hydrogen) atoms. The summed E-state index contributed by atoms with van der Waals surface area (Å²) in [5.74, 6) is -0.189. The molecule has 0 amide bonds. The van der Waals surface area contributed by atoms with E-state index in [2.05, 4.69) is 28.8 Å². The number of ether oxygens (including phenoxy) is 1. The van der Waals surface area contributed by atoms with Gasteiger partial charge in [-0.3, -0.25) is 0 Å². The summed E-state index contributed by atoms with van der Waals surface area (Å²) in [4.78, 5) is 2.11. The van der Waals surface area contributed by atoms with Gasteiger partial charge in [-0.15, -0.1) is 13.2 Å². The molecule has 0 radical (unpaired) electrons. The van der Waals surface area contributed by atoms with Crippen molar-refractivity contribution in [2.45, 2.75) is 32.8 Å². The molecule has 0 heterocycles. The number of nitrogens with zero attached hydrogens (tertiary/aromatic N) is 1. The molecular weight excluding hydrogens is 269 g/mol. The molecule has 114 valence electrons. The van der Waals surface area contributed by atoms with Crippen molar-refractivity contribution in [2.75, 3.05) is 20.1 Å². The number of hydrogen-bond acceptors (Lipinski definition) is 3. The molecule has 3 nitrogen and oxygen atoms in total. The lowest BCUT2D eigenvalue weighted by molar-refractivity contribution is -0.274. The molecule has 0 aromatic heterocycles. The van der Waals surface area contributed by atoms with Gasteiger partial charge in [0.25, 0.3) is 0 Å². The first-order chi connectivity index (χ1) is 9.26. The molecule has 6 heteroatoms. The predicted octanol–water partition coefficient (Wildman–Crippen LogP) is 3.02. The average Bonchev–Trinajstić information content (AvgIpc) is 2.29. The van der Waals surface area contributed by atoms with Gasteiger partial charge in [0.15, 0.2) is 0 Å². The lowest BCUT2D eigenvalue weighted by Gasteiger charge is -2.18. The van der Waals surface area contributed by atoms with Gasteiger partial charge in [-0.05, 0) is 24.7 Å². The maximum absolute atomic E-state index is 12.0. The minimum absolute atomic E-state index is 0.189. The number of rotatable bonds is 7. The van der Waals surface area contributed by atoms with E-state index in [-0.39, 0.29) is 5.75 Å². The van der Waals surface area contributed by atoms with Gasteiger partial charge in [-0.2, -0.15) is 0 Å². The zero-order valence-corrected chi connectivity index (χ0v) is 12.0. The summed E-state index contributed by atoms with van der Waals surface area (Å²) in [5.41, 5.74) is 0.951. The van der Waals surface area contributed by atoms with Crippen LogP contribution in [0.1, 0.15) is 19.4 Å². The fraction of sp³-hybridized carbons (Fsp3) is 0.571. The van der Waals surface area contributed by atoms with Crippen molar-refractivity contribution in [3.8, 4) is 5.75 Å². The van der Waals surface area contributed by atoms with Gasteiger partial charge in [-0.1, -0.05) is 26.0 Å². The molecule has 0 fully saturated rings. The SMILES string of the molecule is CC(C)NCCN(C)Cc1ccc(OC(F)(F)F)cc1. The molecule has 1 N–H and O–H groups in total. The second-order valence-electron chi connectivity index (χ2n) is 5.04. The van der Waals surface area contributed by atoms with E-state index in [1.165, 1.54) is 12.1 Å². The van der Waals surface area contributed by atoms with Gasteiger partial charge >= 0.3 is 6.36 Å². The van der Waals surface area contributed by atoms with Crippen molar-refractivity contribution < 1.29 is 17.9 Å². The van der Waals surface area contributed by atoms with E-state index in [1.807, 2.05) is 7.05 Å². The zero-order valence-electron chi connectivity index (χ0n) is 12.0. The van der Waals surface area contributed by atoms with Crippen LogP contribution in [0, 0.1) is 0 Å². The van der Waals surface area contributed by atoms with Crippen LogP contribution < -0.4 is 10.1 Å². The molecule has 1 rings (SSSR count). The van der Waals surface area contributed by atoms with Crippen LogP contribution in [-0.2, 0) is 6.54 Å². The topological polar surface area (TPSA) is 24.5 Å². The molecule has 0 saturated heterocycles. The lowest BCUT2D eigenvalue weighted by atomic mass is 10.2. The van der Waals surface area contributed by atoms with Crippen LogP contribution in [0.15, 0.2) is 24.3 Å². The normalized spacial score (nSPS) is 12.2. The zero-order chi connectivity index (χ0) is 15.2. The van der Waals surface area contributed by atoms with Gasteiger partial charge in [0.1, 0.15) is 5.75 Å². The molecule has 0 aliphatic carbocycles. The molecule has 0 atom stereocenters. The Kier molecular flexibility index (Phi) is 6.29.